The van der Waals surface area contributed by atoms with Crippen molar-refractivity contribution in [2.24, 2.45) is 0 Å². The number of alkyl halides is 3. The zero-order valence-electron chi connectivity index (χ0n) is 12.3. The second-order valence-corrected chi connectivity index (χ2v) is 7.22. The molecule has 0 radical (unpaired) electrons. The first kappa shape index (κ1) is 17.1. The standard InChI is InChI=1S/C14H19F3N2O2S/c1-2-6-18-7-9-19(10-8-18)12-4-3-5-13(11-12)22(20,21)14(15,16)17/h3-5,11H,2,6-10H2,1H3. The van der Waals surface area contributed by atoms with Crippen LogP contribution < -0.4 is 4.90 Å². The summed E-state index contributed by atoms with van der Waals surface area (Å²) < 4.78 is 60.8. The summed E-state index contributed by atoms with van der Waals surface area (Å²) in [6.45, 7) is 6.09. The Balaban J connectivity index is 2.17. The molecule has 8 heteroatoms. The molecule has 1 aliphatic rings. The van der Waals surface area contributed by atoms with Crippen LogP contribution in [0.5, 0.6) is 0 Å². The zero-order chi connectivity index (χ0) is 16.4. The van der Waals surface area contributed by atoms with E-state index in [4.69, 9.17) is 0 Å². The highest BCUT2D eigenvalue weighted by Crippen LogP contribution is 2.32. The third-order valence-electron chi connectivity index (χ3n) is 3.71. The average molecular weight is 336 g/mol. The van der Waals surface area contributed by atoms with Crippen molar-refractivity contribution in [2.75, 3.05) is 37.6 Å². The van der Waals surface area contributed by atoms with E-state index in [-0.39, 0.29) is 0 Å². The average Bonchev–Trinajstić information content (AvgIpc) is 2.47. The van der Waals surface area contributed by atoms with E-state index < -0.39 is 20.2 Å². The number of rotatable bonds is 4. The van der Waals surface area contributed by atoms with Crippen LogP contribution in [0.2, 0.25) is 0 Å². The van der Waals surface area contributed by atoms with Gasteiger partial charge in [-0.25, -0.2) is 8.42 Å². The van der Waals surface area contributed by atoms with E-state index in [2.05, 4.69) is 11.8 Å². The lowest BCUT2D eigenvalue weighted by molar-refractivity contribution is -0.0435. The smallest absolute Gasteiger partial charge is 0.369 e. The molecule has 0 saturated carbocycles. The summed E-state index contributed by atoms with van der Waals surface area (Å²) in [6, 6.07) is 5.09. The van der Waals surface area contributed by atoms with Gasteiger partial charge >= 0.3 is 5.51 Å². The fourth-order valence-electron chi connectivity index (χ4n) is 2.53. The molecule has 1 aromatic rings. The quantitative estimate of drug-likeness (QED) is 0.847. The number of nitrogens with zero attached hydrogens (tertiary/aromatic N) is 2. The first-order valence-corrected chi connectivity index (χ1v) is 8.62. The Hall–Kier alpha value is -1.28. The summed E-state index contributed by atoms with van der Waals surface area (Å²) in [5.74, 6) is 0. The van der Waals surface area contributed by atoms with E-state index in [1.54, 1.807) is 6.07 Å². The molecular weight excluding hydrogens is 317 g/mol. The van der Waals surface area contributed by atoms with Gasteiger partial charge in [-0.05, 0) is 31.2 Å². The van der Waals surface area contributed by atoms with Gasteiger partial charge in [0.2, 0.25) is 0 Å². The van der Waals surface area contributed by atoms with Crippen LogP contribution >= 0.6 is 0 Å². The molecule has 0 spiro atoms. The first-order valence-electron chi connectivity index (χ1n) is 7.14. The summed E-state index contributed by atoms with van der Waals surface area (Å²) in [7, 11) is -5.29. The second-order valence-electron chi connectivity index (χ2n) is 5.28. The lowest BCUT2D eigenvalue weighted by atomic mass is 10.2. The van der Waals surface area contributed by atoms with Gasteiger partial charge in [0.05, 0.1) is 4.90 Å². The highest BCUT2D eigenvalue weighted by Gasteiger charge is 2.46. The Labute approximate surface area is 128 Å². The zero-order valence-corrected chi connectivity index (χ0v) is 13.1. The van der Waals surface area contributed by atoms with Crippen molar-refractivity contribution < 1.29 is 21.6 Å². The molecule has 2 rings (SSSR count). The topological polar surface area (TPSA) is 40.6 Å². The maximum absolute atomic E-state index is 12.6. The van der Waals surface area contributed by atoms with E-state index in [1.165, 1.54) is 6.07 Å². The molecule has 0 bridgehead atoms. The molecule has 1 heterocycles. The van der Waals surface area contributed by atoms with Crippen LogP contribution in [0.3, 0.4) is 0 Å². The van der Waals surface area contributed by atoms with Crippen LogP contribution in [0.4, 0.5) is 18.9 Å². The van der Waals surface area contributed by atoms with Gasteiger partial charge < -0.3 is 4.90 Å². The van der Waals surface area contributed by atoms with Crippen molar-refractivity contribution >= 4 is 15.5 Å². The minimum absolute atomic E-state index is 0.515. The normalized spacial score (nSPS) is 17.7. The van der Waals surface area contributed by atoms with Gasteiger partial charge in [0.25, 0.3) is 9.84 Å². The molecule has 4 nitrogen and oxygen atoms in total. The van der Waals surface area contributed by atoms with Gasteiger partial charge in [-0.3, -0.25) is 4.90 Å². The van der Waals surface area contributed by atoms with E-state index in [0.717, 1.165) is 38.2 Å². The van der Waals surface area contributed by atoms with Crippen LogP contribution in [0.1, 0.15) is 13.3 Å². The molecule has 1 fully saturated rings. The molecule has 0 aromatic heterocycles. The predicted octanol–water partition coefficient (Wildman–Crippen LogP) is 2.51. The summed E-state index contributed by atoms with van der Waals surface area (Å²) in [5, 5.41) is 0. The molecular formula is C14H19F3N2O2S. The first-order chi connectivity index (χ1) is 10.3. The fourth-order valence-corrected chi connectivity index (χ4v) is 3.33. The van der Waals surface area contributed by atoms with Crippen LogP contribution in [0, 0.1) is 0 Å². The maximum Gasteiger partial charge on any atom is 0.501 e. The maximum atomic E-state index is 12.6. The van der Waals surface area contributed by atoms with Gasteiger partial charge in [-0.15, -0.1) is 0 Å². The fraction of sp³-hybridized carbons (Fsp3) is 0.571. The number of anilines is 1. The van der Waals surface area contributed by atoms with Gasteiger partial charge in [0.15, 0.2) is 0 Å². The van der Waals surface area contributed by atoms with E-state index >= 15 is 0 Å². The predicted molar refractivity (Wildman–Crippen MR) is 78.6 cm³/mol. The van der Waals surface area contributed by atoms with Crippen molar-refractivity contribution in [2.45, 2.75) is 23.7 Å². The van der Waals surface area contributed by atoms with Gasteiger partial charge in [0, 0.05) is 31.9 Å². The summed E-state index contributed by atoms with van der Waals surface area (Å²) >= 11 is 0. The summed E-state index contributed by atoms with van der Waals surface area (Å²) in [6.07, 6.45) is 1.05. The van der Waals surface area contributed by atoms with E-state index in [9.17, 15) is 21.6 Å². The number of benzene rings is 1. The van der Waals surface area contributed by atoms with Crippen LogP contribution in [-0.4, -0.2) is 51.5 Å². The third-order valence-corrected chi connectivity index (χ3v) is 5.19. The minimum atomic E-state index is -5.29. The van der Waals surface area contributed by atoms with E-state index in [1.807, 2.05) is 4.90 Å². The lowest BCUT2D eigenvalue weighted by Crippen LogP contribution is -2.46. The van der Waals surface area contributed by atoms with Crippen molar-refractivity contribution in [3.05, 3.63) is 24.3 Å². The molecule has 0 unspecified atom stereocenters. The van der Waals surface area contributed by atoms with Crippen molar-refractivity contribution in [3.63, 3.8) is 0 Å². The molecule has 0 N–H and O–H groups in total. The molecule has 0 amide bonds. The Kier molecular flexibility index (Phi) is 5.01. The Morgan fingerprint density at radius 2 is 1.77 bits per heavy atom. The third kappa shape index (κ3) is 3.55. The molecule has 0 aliphatic carbocycles. The molecule has 1 aliphatic heterocycles. The van der Waals surface area contributed by atoms with Gasteiger partial charge in [-0.2, -0.15) is 13.2 Å². The van der Waals surface area contributed by atoms with E-state index in [0.29, 0.717) is 18.8 Å². The molecule has 22 heavy (non-hydrogen) atoms. The SMILES string of the molecule is CCCN1CCN(c2cccc(S(=O)(=O)C(F)(F)F)c2)CC1. The number of sulfone groups is 1. The van der Waals surface area contributed by atoms with Crippen molar-refractivity contribution in [1.29, 1.82) is 0 Å². The molecule has 1 saturated heterocycles. The summed E-state index contributed by atoms with van der Waals surface area (Å²) in [5.41, 5.74) is -4.76. The number of piperazine rings is 1. The highest BCUT2D eigenvalue weighted by molar-refractivity contribution is 7.92. The van der Waals surface area contributed by atoms with Crippen LogP contribution in [0.25, 0.3) is 0 Å². The Morgan fingerprint density at radius 3 is 2.32 bits per heavy atom. The Bertz CT molecular complexity index is 609. The summed E-state index contributed by atoms with van der Waals surface area (Å²) in [4.78, 5) is 3.50. The molecule has 0 atom stereocenters. The molecule has 124 valence electrons. The van der Waals surface area contributed by atoms with Crippen LogP contribution in [0.15, 0.2) is 29.2 Å². The van der Waals surface area contributed by atoms with Crippen molar-refractivity contribution in [1.82, 2.24) is 4.90 Å². The highest BCUT2D eigenvalue weighted by atomic mass is 32.2. The van der Waals surface area contributed by atoms with Crippen LogP contribution in [-0.2, 0) is 9.84 Å². The minimum Gasteiger partial charge on any atom is -0.369 e. The largest absolute Gasteiger partial charge is 0.501 e. The lowest BCUT2D eigenvalue weighted by Gasteiger charge is -2.36. The van der Waals surface area contributed by atoms with Gasteiger partial charge in [0.1, 0.15) is 0 Å². The van der Waals surface area contributed by atoms with Gasteiger partial charge in [-0.1, -0.05) is 13.0 Å². The van der Waals surface area contributed by atoms with Crippen molar-refractivity contribution in [3.8, 4) is 0 Å². The number of hydrogen-bond acceptors (Lipinski definition) is 4. The number of halogens is 3. The Morgan fingerprint density at radius 1 is 1.14 bits per heavy atom. The number of hydrogen-bond donors (Lipinski definition) is 0. The monoisotopic (exact) mass is 336 g/mol. The second kappa shape index (κ2) is 6.45. The molecule has 1 aromatic carbocycles.